The summed E-state index contributed by atoms with van der Waals surface area (Å²) in [6.45, 7) is 3.86. The van der Waals surface area contributed by atoms with Crippen LogP contribution in [-0.2, 0) is 16.6 Å². The summed E-state index contributed by atoms with van der Waals surface area (Å²) in [6.07, 6.45) is 3.53. The fourth-order valence-electron chi connectivity index (χ4n) is 2.52. The Morgan fingerprint density at radius 3 is 2.63 bits per heavy atom. The minimum absolute atomic E-state index is 0.473. The van der Waals surface area contributed by atoms with Crippen molar-refractivity contribution in [1.82, 2.24) is 19.9 Å². The molecule has 27 heavy (non-hydrogen) atoms. The van der Waals surface area contributed by atoms with Gasteiger partial charge in [0.1, 0.15) is 6.26 Å². The molecule has 0 amide bonds. The third-order valence-corrected chi connectivity index (χ3v) is 5.31. The van der Waals surface area contributed by atoms with Crippen LogP contribution in [0.25, 0.3) is 11.5 Å². The molecule has 2 aromatic rings. The summed E-state index contributed by atoms with van der Waals surface area (Å²) in [7, 11) is -1.46. The quantitative estimate of drug-likeness (QED) is 0.382. The standard InChI is InChI=1S/C18H27N5O3S/c1-4-23(27(3,24)25)12-8-11-20-18(19-2)21-13-16-14-26-17(22-16)15-9-6-5-7-10-15/h5-7,9-10,14H,4,8,11-13H2,1-3H3,(H2,19,20,21). The number of oxazole rings is 1. The molecule has 1 aromatic heterocycles. The van der Waals surface area contributed by atoms with Crippen molar-refractivity contribution in [3.05, 3.63) is 42.3 Å². The fourth-order valence-corrected chi connectivity index (χ4v) is 3.45. The molecule has 1 heterocycles. The number of guanidine groups is 1. The topological polar surface area (TPSA) is 99.8 Å². The van der Waals surface area contributed by atoms with E-state index in [4.69, 9.17) is 4.42 Å². The van der Waals surface area contributed by atoms with Gasteiger partial charge in [-0.15, -0.1) is 0 Å². The lowest BCUT2D eigenvalue weighted by Crippen LogP contribution is -2.39. The van der Waals surface area contributed by atoms with E-state index in [0.29, 0.717) is 44.5 Å². The van der Waals surface area contributed by atoms with Crippen LogP contribution in [-0.4, -0.2) is 56.6 Å². The lowest BCUT2D eigenvalue weighted by Gasteiger charge is -2.18. The smallest absolute Gasteiger partial charge is 0.226 e. The van der Waals surface area contributed by atoms with Crippen molar-refractivity contribution >= 4 is 16.0 Å². The van der Waals surface area contributed by atoms with Crippen LogP contribution in [0.3, 0.4) is 0 Å². The van der Waals surface area contributed by atoms with Gasteiger partial charge in [0.15, 0.2) is 5.96 Å². The predicted octanol–water partition coefficient (Wildman–Crippen LogP) is 1.68. The second kappa shape index (κ2) is 10.1. The Kier molecular flexibility index (Phi) is 7.81. The van der Waals surface area contributed by atoms with Gasteiger partial charge in [0.05, 0.1) is 18.5 Å². The molecule has 9 heteroatoms. The van der Waals surface area contributed by atoms with Crippen molar-refractivity contribution in [3.63, 3.8) is 0 Å². The highest BCUT2D eigenvalue weighted by Crippen LogP contribution is 2.17. The summed E-state index contributed by atoms with van der Waals surface area (Å²) in [5, 5.41) is 6.34. The Balaban J connectivity index is 1.77. The van der Waals surface area contributed by atoms with E-state index in [1.54, 1.807) is 13.3 Å². The first-order valence-corrected chi connectivity index (χ1v) is 10.7. The number of sulfonamides is 1. The Morgan fingerprint density at radius 1 is 1.26 bits per heavy atom. The van der Waals surface area contributed by atoms with Gasteiger partial charge >= 0.3 is 0 Å². The Morgan fingerprint density at radius 2 is 2.00 bits per heavy atom. The van der Waals surface area contributed by atoms with Crippen LogP contribution in [0, 0.1) is 0 Å². The van der Waals surface area contributed by atoms with Crippen LogP contribution >= 0.6 is 0 Å². The summed E-state index contributed by atoms with van der Waals surface area (Å²) >= 11 is 0. The minimum Gasteiger partial charge on any atom is -0.444 e. The molecule has 148 valence electrons. The number of hydrogen-bond acceptors (Lipinski definition) is 5. The number of nitrogens with zero attached hydrogens (tertiary/aromatic N) is 3. The molecule has 0 atom stereocenters. The summed E-state index contributed by atoms with van der Waals surface area (Å²) in [5.41, 5.74) is 1.70. The first-order valence-electron chi connectivity index (χ1n) is 8.83. The number of nitrogens with one attached hydrogen (secondary N) is 2. The van der Waals surface area contributed by atoms with Crippen LogP contribution in [0.2, 0.25) is 0 Å². The summed E-state index contributed by atoms with van der Waals surface area (Å²) in [6, 6.07) is 9.71. The Hall–Kier alpha value is -2.39. The van der Waals surface area contributed by atoms with Gasteiger partial charge in [0.25, 0.3) is 0 Å². The second-order valence-electron chi connectivity index (χ2n) is 5.97. The van der Waals surface area contributed by atoms with Crippen molar-refractivity contribution in [2.45, 2.75) is 19.9 Å². The second-order valence-corrected chi connectivity index (χ2v) is 7.95. The molecule has 1 aromatic carbocycles. The average Bonchev–Trinajstić information content (AvgIpc) is 3.13. The van der Waals surface area contributed by atoms with Gasteiger partial charge in [-0.1, -0.05) is 25.1 Å². The normalized spacial score (nSPS) is 12.4. The molecule has 0 spiro atoms. The van der Waals surface area contributed by atoms with Crippen LogP contribution in [0.15, 0.2) is 46.0 Å². The van der Waals surface area contributed by atoms with E-state index < -0.39 is 10.0 Å². The van der Waals surface area contributed by atoms with Gasteiger partial charge in [-0.3, -0.25) is 4.99 Å². The van der Waals surface area contributed by atoms with E-state index in [1.807, 2.05) is 37.3 Å². The highest BCUT2D eigenvalue weighted by molar-refractivity contribution is 7.88. The lowest BCUT2D eigenvalue weighted by atomic mass is 10.2. The SMILES string of the molecule is CCN(CCCNC(=NC)NCc1coc(-c2ccccc2)n1)S(C)(=O)=O. The molecule has 2 rings (SSSR count). The van der Waals surface area contributed by atoms with E-state index in [2.05, 4.69) is 20.6 Å². The Bertz CT molecular complexity index is 834. The fraction of sp³-hybridized carbons (Fsp3) is 0.444. The number of rotatable bonds is 9. The predicted molar refractivity (Wildman–Crippen MR) is 107 cm³/mol. The number of aromatic nitrogens is 1. The van der Waals surface area contributed by atoms with E-state index >= 15 is 0 Å². The monoisotopic (exact) mass is 393 g/mol. The highest BCUT2D eigenvalue weighted by Gasteiger charge is 2.13. The van der Waals surface area contributed by atoms with E-state index in [-0.39, 0.29) is 0 Å². The molecular weight excluding hydrogens is 366 g/mol. The van der Waals surface area contributed by atoms with E-state index in [9.17, 15) is 8.42 Å². The first-order chi connectivity index (χ1) is 12.9. The lowest BCUT2D eigenvalue weighted by molar-refractivity contribution is 0.424. The average molecular weight is 394 g/mol. The molecule has 0 radical (unpaired) electrons. The number of hydrogen-bond donors (Lipinski definition) is 2. The van der Waals surface area contributed by atoms with Gasteiger partial charge in [0, 0.05) is 32.2 Å². The zero-order valence-electron chi connectivity index (χ0n) is 16.0. The van der Waals surface area contributed by atoms with Crippen LogP contribution in [0.4, 0.5) is 0 Å². The maximum absolute atomic E-state index is 11.6. The van der Waals surface area contributed by atoms with Gasteiger partial charge in [-0.25, -0.2) is 17.7 Å². The third-order valence-electron chi connectivity index (χ3n) is 3.93. The third kappa shape index (κ3) is 6.69. The maximum Gasteiger partial charge on any atom is 0.226 e. The van der Waals surface area contributed by atoms with Crippen LogP contribution in [0.1, 0.15) is 19.0 Å². The summed E-state index contributed by atoms with van der Waals surface area (Å²) < 4.78 is 30.1. The summed E-state index contributed by atoms with van der Waals surface area (Å²) in [5.74, 6) is 1.21. The molecule has 0 aliphatic rings. The van der Waals surface area contributed by atoms with Crippen LogP contribution < -0.4 is 10.6 Å². The largest absolute Gasteiger partial charge is 0.444 e. The molecular formula is C18H27N5O3S. The minimum atomic E-state index is -3.15. The van der Waals surface area contributed by atoms with Crippen molar-refractivity contribution in [3.8, 4) is 11.5 Å². The van der Waals surface area contributed by atoms with Gasteiger partial charge in [-0.2, -0.15) is 0 Å². The first kappa shape index (κ1) is 20.9. The summed E-state index contributed by atoms with van der Waals surface area (Å²) in [4.78, 5) is 8.62. The molecule has 0 aliphatic heterocycles. The van der Waals surface area contributed by atoms with Crippen molar-refractivity contribution in [2.24, 2.45) is 4.99 Å². The molecule has 0 saturated heterocycles. The molecule has 0 saturated carbocycles. The van der Waals surface area contributed by atoms with Crippen molar-refractivity contribution in [2.75, 3.05) is 32.9 Å². The molecule has 0 fully saturated rings. The molecule has 0 bridgehead atoms. The molecule has 0 unspecified atom stereocenters. The van der Waals surface area contributed by atoms with Gasteiger partial charge < -0.3 is 15.1 Å². The van der Waals surface area contributed by atoms with E-state index in [1.165, 1.54) is 10.6 Å². The number of aliphatic imine (C=N–C) groups is 1. The molecule has 0 aliphatic carbocycles. The molecule has 2 N–H and O–H groups in total. The van der Waals surface area contributed by atoms with Crippen molar-refractivity contribution in [1.29, 1.82) is 0 Å². The highest BCUT2D eigenvalue weighted by atomic mass is 32.2. The Labute approximate surface area is 160 Å². The van der Waals surface area contributed by atoms with Crippen LogP contribution in [0.5, 0.6) is 0 Å². The zero-order chi connectivity index (χ0) is 19.7. The zero-order valence-corrected chi connectivity index (χ0v) is 16.8. The molecule has 8 nitrogen and oxygen atoms in total. The number of benzene rings is 1. The van der Waals surface area contributed by atoms with Gasteiger partial charge in [0.2, 0.25) is 15.9 Å². The van der Waals surface area contributed by atoms with E-state index in [0.717, 1.165) is 11.3 Å². The van der Waals surface area contributed by atoms with Gasteiger partial charge in [-0.05, 0) is 18.6 Å². The van der Waals surface area contributed by atoms with Crippen molar-refractivity contribution < 1.29 is 12.8 Å². The maximum atomic E-state index is 11.6.